The zero-order valence-corrected chi connectivity index (χ0v) is 8.10. The van der Waals surface area contributed by atoms with Crippen LogP contribution in [0.15, 0.2) is 16.6 Å². The average Bonchev–Trinajstić information content (AvgIpc) is 2.71. The number of oxime groups is 1. The first-order valence-corrected chi connectivity index (χ1v) is 5.02. The fraction of sp³-hybridized carbons (Fsp3) is 0.444. The van der Waals surface area contributed by atoms with Crippen LogP contribution in [0.25, 0.3) is 0 Å². The van der Waals surface area contributed by atoms with Crippen molar-refractivity contribution >= 4 is 17.0 Å². The Balaban J connectivity index is 2.16. The van der Waals surface area contributed by atoms with Gasteiger partial charge in [-0.2, -0.15) is 0 Å². The van der Waals surface area contributed by atoms with Crippen molar-refractivity contribution in [3.8, 4) is 0 Å². The fourth-order valence-corrected chi connectivity index (χ4v) is 2.23. The van der Waals surface area contributed by atoms with E-state index in [0.29, 0.717) is 6.42 Å². The Morgan fingerprint density at radius 3 is 3.15 bits per heavy atom. The van der Waals surface area contributed by atoms with Gasteiger partial charge >= 0.3 is 0 Å². The molecule has 70 valence electrons. The minimum atomic E-state index is -0.461. The molecule has 0 saturated carbocycles. The third-order valence-electron chi connectivity index (χ3n) is 2.03. The first-order valence-electron chi connectivity index (χ1n) is 4.14. The molecular weight excluding hydrogens is 189 g/mol. The van der Waals surface area contributed by atoms with E-state index in [2.05, 4.69) is 5.16 Å². The van der Waals surface area contributed by atoms with Crippen molar-refractivity contribution in [1.29, 1.82) is 0 Å². The minimum Gasteiger partial charge on any atom is -0.389 e. The first kappa shape index (κ1) is 8.69. The highest BCUT2D eigenvalue weighted by atomic mass is 32.1. The standard InChI is InChI=1S/C9H10FNOS/c1-6-2-3-13-9(6)8-4-7(5-10)12-11-8/h2-3,7H,4-5H2,1H3. The van der Waals surface area contributed by atoms with Gasteiger partial charge in [0, 0.05) is 6.42 Å². The lowest BCUT2D eigenvalue weighted by molar-refractivity contribution is 0.0656. The van der Waals surface area contributed by atoms with E-state index < -0.39 is 6.67 Å². The summed E-state index contributed by atoms with van der Waals surface area (Å²) in [5.74, 6) is 0. The van der Waals surface area contributed by atoms with Crippen LogP contribution in [-0.2, 0) is 4.84 Å². The molecule has 1 aliphatic heterocycles. The lowest BCUT2D eigenvalue weighted by Crippen LogP contribution is -2.09. The normalized spacial score (nSPS) is 21.4. The lowest BCUT2D eigenvalue weighted by Gasteiger charge is -1.99. The van der Waals surface area contributed by atoms with E-state index in [-0.39, 0.29) is 6.10 Å². The Hall–Kier alpha value is -0.900. The molecule has 0 aromatic carbocycles. The van der Waals surface area contributed by atoms with Gasteiger partial charge in [-0.05, 0) is 23.9 Å². The number of nitrogens with zero attached hydrogens (tertiary/aromatic N) is 1. The molecule has 0 radical (unpaired) electrons. The number of thiophene rings is 1. The fourth-order valence-electron chi connectivity index (χ4n) is 1.31. The second kappa shape index (κ2) is 3.46. The van der Waals surface area contributed by atoms with Crippen molar-refractivity contribution in [2.75, 3.05) is 6.67 Å². The van der Waals surface area contributed by atoms with Gasteiger partial charge in [-0.15, -0.1) is 11.3 Å². The summed E-state index contributed by atoms with van der Waals surface area (Å²) in [6.07, 6.45) is 0.231. The highest BCUT2D eigenvalue weighted by molar-refractivity contribution is 7.12. The quantitative estimate of drug-likeness (QED) is 0.717. The summed E-state index contributed by atoms with van der Waals surface area (Å²) >= 11 is 1.63. The van der Waals surface area contributed by atoms with E-state index >= 15 is 0 Å². The van der Waals surface area contributed by atoms with Crippen molar-refractivity contribution in [2.45, 2.75) is 19.4 Å². The summed E-state index contributed by atoms with van der Waals surface area (Å²) in [7, 11) is 0. The molecule has 0 aliphatic carbocycles. The van der Waals surface area contributed by atoms with E-state index in [9.17, 15) is 4.39 Å². The average molecular weight is 199 g/mol. The zero-order valence-electron chi connectivity index (χ0n) is 7.29. The molecule has 13 heavy (non-hydrogen) atoms. The number of hydrogen-bond acceptors (Lipinski definition) is 3. The second-order valence-corrected chi connectivity index (χ2v) is 3.97. The van der Waals surface area contributed by atoms with Crippen molar-refractivity contribution in [3.05, 3.63) is 21.9 Å². The van der Waals surface area contributed by atoms with Gasteiger partial charge in [0.2, 0.25) is 0 Å². The number of hydrogen-bond donors (Lipinski definition) is 0. The van der Waals surface area contributed by atoms with Crippen LogP contribution < -0.4 is 0 Å². The highest BCUT2D eigenvalue weighted by Crippen LogP contribution is 2.23. The predicted molar refractivity (Wildman–Crippen MR) is 51.1 cm³/mol. The molecule has 0 spiro atoms. The Bertz CT molecular complexity index is 334. The maximum atomic E-state index is 12.2. The molecule has 1 aromatic rings. The maximum Gasteiger partial charge on any atom is 0.161 e. The molecule has 2 nitrogen and oxygen atoms in total. The van der Waals surface area contributed by atoms with Gasteiger partial charge < -0.3 is 4.84 Å². The molecule has 1 aromatic heterocycles. The molecule has 0 N–H and O–H groups in total. The summed E-state index contributed by atoms with van der Waals surface area (Å²) in [6.45, 7) is 1.56. The maximum absolute atomic E-state index is 12.2. The summed E-state index contributed by atoms with van der Waals surface area (Å²) in [6, 6.07) is 2.03. The van der Waals surface area contributed by atoms with Gasteiger partial charge in [0.1, 0.15) is 12.4 Å². The Labute approximate surface area is 80.0 Å². The van der Waals surface area contributed by atoms with Crippen molar-refractivity contribution in [2.24, 2.45) is 5.16 Å². The number of rotatable bonds is 2. The summed E-state index contributed by atoms with van der Waals surface area (Å²) in [5.41, 5.74) is 2.07. The second-order valence-electron chi connectivity index (χ2n) is 3.06. The van der Waals surface area contributed by atoms with Gasteiger partial charge in [0.15, 0.2) is 6.10 Å². The van der Waals surface area contributed by atoms with Crippen LogP contribution >= 0.6 is 11.3 Å². The molecule has 1 atom stereocenters. The third-order valence-corrected chi connectivity index (χ3v) is 3.09. The van der Waals surface area contributed by atoms with Crippen LogP contribution in [0.3, 0.4) is 0 Å². The summed E-state index contributed by atoms with van der Waals surface area (Å²) < 4.78 is 12.2. The van der Waals surface area contributed by atoms with E-state index in [1.165, 1.54) is 5.56 Å². The largest absolute Gasteiger partial charge is 0.389 e. The Morgan fingerprint density at radius 2 is 2.62 bits per heavy atom. The van der Waals surface area contributed by atoms with E-state index in [0.717, 1.165) is 10.6 Å². The molecule has 4 heteroatoms. The van der Waals surface area contributed by atoms with Crippen LogP contribution in [0, 0.1) is 6.92 Å². The highest BCUT2D eigenvalue weighted by Gasteiger charge is 2.23. The van der Waals surface area contributed by atoms with E-state index in [1.54, 1.807) is 11.3 Å². The number of alkyl halides is 1. The van der Waals surface area contributed by atoms with Crippen LogP contribution in [0.5, 0.6) is 0 Å². The summed E-state index contributed by atoms with van der Waals surface area (Å²) in [4.78, 5) is 6.03. The predicted octanol–water partition coefficient (Wildman–Crippen LogP) is 2.52. The van der Waals surface area contributed by atoms with Crippen LogP contribution in [0.2, 0.25) is 0 Å². The number of halogens is 1. The smallest absolute Gasteiger partial charge is 0.161 e. The Morgan fingerprint density at radius 1 is 1.77 bits per heavy atom. The van der Waals surface area contributed by atoms with Gasteiger partial charge in [-0.3, -0.25) is 0 Å². The molecular formula is C9H10FNOS. The molecule has 1 aliphatic rings. The third kappa shape index (κ3) is 1.58. The monoisotopic (exact) mass is 199 g/mol. The lowest BCUT2D eigenvalue weighted by atomic mass is 10.1. The van der Waals surface area contributed by atoms with Crippen molar-refractivity contribution in [1.82, 2.24) is 0 Å². The molecule has 2 heterocycles. The SMILES string of the molecule is Cc1ccsc1C1=NOC(CF)C1. The zero-order chi connectivity index (χ0) is 9.26. The first-order chi connectivity index (χ1) is 6.31. The van der Waals surface area contributed by atoms with Gasteiger partial charge in [-0.1, -0.05) is 5.16 Å². The molecule has 2 rings (SSSR count). The molecule has 1 unspecified atom stereocenters. The molecule has 0 saturated heterocycles. The number of aryl methyl sites for hydroxylation is 1. The molecule has 0 fully saturated rings. The van der Waals surface area contributed by atoms with Crippen molar-refractivity contribution in [3.63, 3.8) is 0 Å². The van der Waals surface area contributed by atoms with Crippen LogP contribution in [-0.4, -0.2) is 18.5 Å². The van der Waals surface area contributed by atoms with E-state index in [4.69, 9.17) is 4.84 Å². The van der Waals surface area contributed by atoms with Crippen molar-refractivity contribution < 1.29 is 9.23 Å². The topological polar surface area (TPSA) is 21.6 Å². The van der Waals surface area contributed by atoms with Crippen LogP contribution in [0.1, 0.15) is 16.9 Å². The minimum absolute atomic E-state index is 0.364. The van der Waals surface area contributed by atoms with Gasteiger partial charge in [-0.25, -0.2) is 4.39 Å². The summed E-state index contributed by atoms with van der Waals surface area (Å²) in [5, 5.41) is 5.89. The van der Waals surface area contributed by atoms with Gasteiger partial charge in [0.25, 0.3) is 0 Å². The Kier molecular flexibility index (Phi) is 2.31. The molecule has 0 amide bonds. The van der Waals surface area contributed by atoms with E-state index in [1.807, 2.05) is 18.4 Å². The molecule has 0 bridgehead atoms. The van der Waals surface area contributed by atoms with Gasteiger partial charge in [0.05, 0.1) is 4.88 Å². The van der Waals surface area contributed by atoms with Crippen LogP contribution in [0.4, 0.5) is 4.39 Å².